The Morgan fingerprint density at radius 2 is 2.28 bits per heavy atom. The molecule has 3 nitrogen and oxygen atoms in total. The highest BCUT2D eigenvalue weighted by molar-refractivity contribution is 9.10. The van der Waals surface area contributed by atoms with Crippen LogP contribution in [0.15, 0.2) is 16.6 Å². The summed E-state index contributed by atoms with van der Waals surface area (Å²) >= 11 is 3.17. The van der Waals surface area contributed by atoms with Crippen molar-refractivity contribution < 1.29 is 13.9 Å². The molecule has 2 rings (SSSR count). The number of halogens is 2. The average Bonchev–Trinajstić information content (AvgIpc) is 2.41. The van der Waals surface area contributed by atoms with Gasteiger partial charge >= 0.3 is 0 Å². The summed E-state index contributed by atoms with van der Waals surface area (Å²) in [7, 11) is 1.51. The molecule has 100 valence electrons. The zero-order chi connectivity index (χ0) is 13.1. The second-order valence-electron chi connectivity index (χ2n) is 4.44. The molecule has 5 heteroatoms. The molecule has 0 radical (unpaired) electrons. The van der Waals surface area contributed by atoms with Crippen LogP contribution >= 0.6 is 15.9 Å². The lowest BCUT2D eigenvalue weighted by Crippen LogP contribution is -2.32. The number of hydrogen-bond acceptors (Lipinski definition) is 3. The molecule has 2 atom stereocenters. The Labute approximate surface area is 115 Å². The first-order valence-corrected chi connectivity index (χ1v) is 6.83. The molecule has 2 unspecified atom stereocenters. The minimum atomic E-state index is -0.354. The van der Waals surface area contributed by atoms with Crippen molar-refractivity contribution in [2.75, 3.05) is 13.7 Å². The van der Waals surface area contributed by atoms with E-state index in [2.05, 4.69) is 15.9 Å². The molecule has 0 bridgehead atoms. The van der Waals surface area contributed by atoms with E-state index < -0.39 is 0 Å². The van der Waals surface area contributed by atoms with E-state index in [1.165, 1.54) is 13.2 Å². The maximum atomic E-state index is 13.5. The van der Waals surface area contributed by atoms with Gasteiger partial charge in [0.2, 0.25) is 0 Å². The Hall–Kier alpha value is -0.650. The van der Waals surface area contributed by atoms with Crippen molar-refractivity contribution in [3.8, 4) is 5.75 Å². The van der Waals surface area contributed by atoms with Crippen LogP contribution in [0.25, 0.3) is 0 Å². The SMILES string of the molecule is COc1cc(F)c(Br)cc1C(N)C1CCCCO1. The van der Waals surface area contributed by atoms with Gasteiger partial charge in [0.05, 0.1) is 23.7 Å². The van der Waals surface area contributed by atoms with Gasteiger partial charge in [-0.15, -0.1) is 0 Å². The molecule has 1 aromatic rings. The van der Waals surface area contributed by atoms with Crippen LogP contribution in [0.1, 0.15) is 30.9 Å². The van der Waals surface area contributed by atoms with E-state index in [1.807, 2.05) is 0 Å². The van der Waals surface area contributed by atoms with E-state index in [0.29, 0.717) is 10.2 Å². The summed E-state index contributed by atoms with van der Waals surface area (Å²) in [6, 6.07) is 2.73. The van der Waals surface area contributed by atoms with E-state index >= 15 is 0 Å². The van der Waals surface area contributed by atoms with Crippen molar-refractivity contribution in [1.82, 2.24) is 0 Å². The van der Waals surface area contributed by atoms with Gasteiger partial charge in [0.1, 0.15) is 11.6 Å². The maximum Gasteiger partial charge on any atom is 0.141 e. The van der Waals surface area contributed by atoms with Crippen molar-refractivity contribution in [3.63, 3.8) is 0 Å². The lowest BCUT2D eigenvalue weighted by atomic mass is 9.96. The zero-order valence-electron chi connectivity index (χ0n) is 10.3. The number of hydrogen-bond donors (Lipinski definition) is 1. The minimum Gasteiger partial charge on any atom is -0.496 e. The highest BCUT2D eigenvalue weighted by Gasteiger charge is 2.26. The Bertz CT molecular complexity index is 422. The molecule has 2 N–H and O–H groups in total. The summed E-state index contributed by atoms with van der Waals surface area (Å²) in [4.78, 5) is 0. The molecule has 1 fully saturated rings. The van der Waals surface area contributed by atoms with Gasteiger partial charge in [-0.2, -0.15) is 0 Å². The third-order valence-corrected chi connectivity index (χ3v) is 3.85. The van der Waals surface area contributed by atoms with Crippen molar-refractivity contribution in [2.45, 2.75) is 31.4 Å². The monoisotopic (exact) mass is 317 g/mol. The molecule has 1 heterocycles. The number of methoxy groups -OCH3 is 1. The Morgan fingerprint density at radius 3 is 2.89 bits per heavy atom. The van der Waals surface area contributed by atoms with Crippen LogP contribution in [-0.2, 0) is 4.74 Å². The van der Waals surface area contributed by atoms with Gasteiger partial charge in [-0.3, -0.25) is 0 Å². The van der Waals surface area contributed by atoms with Crippen LogP contribution in [0.4, 0.5) is 4.39 Å². The maximum absolute atomic E-state index is 13.5. The third-order valence-electron chi connectivity index (χ3n) is 3.25. The first-order valence-electron chi connectivity index (χ1n) is 6.03. The summed E-state index contributed by atoms with van der Waals surface area (Å²) < 4.78 is 24.7. The van der Waals surface area contributed by atoms with E-state index in [1.54, 1.807) is 6.07 Å². The fourth-order valence-electron chi connectivity index (χ4n) is 2.23. The summed E-state index contributed by atoms with van der Waals surface area (Å²) in [5.74, 6) is 0.115. The first-order chi connectivity index (χ1) is 8.63. The smallest absolute Gasteiger partial charge is 0.141 e. The highest BCUT2D eigenvalue weighted by atomic mass is 79.9. The Kier molecular flexibility index (Phi) is 4.59. The second kappa shape index (κ2) is 5.99. The summed E-state index contributed by atoms with van der Waals surface area (Å²) in [6.07, 6.45) is 3.10. The Morgan fingerprint density at radius 1 is 1.50 bits per heavy atom. The van der Waals surface area contributed by atoms with Gasteiger partial charge in [0.15, 0.2) is 0 Å². The van der Waals surface area contributed by atoms with Crippen LogP contribution in [0.2, 0.25) is 0 Å². The van der Waals surface area contributed by atoms with Gasteiger partial charge in [0, 0.05) is 18.2 Å². The van der Waals surface area contributed by atoms with Crippen LogP contribution in [-0.4, -0.2) is 19.8 Å². The standard InChI is InChI=1S/C13H17BrFNO2/c1-17-12-7-10(15)9(14)6-8(12)13(16)11-4-2-3-5-18-11/h6-7,11,13H,2-5,16H2,1H3. The predicted octanol–water partition coefficient (Wildman–Crippen LogP) is 3.17. The van der Waals surface area contributed by atoms with Crippen LogP contribution in [0, 0.1) is 5.82 Å². The fourth-order valence-corrected chi connectivity index (χ4v) is 2.59. The lowest BCUT2D eigenvalue weighted by Gasteiger charge is -2.29. The van der Waals surface area contributed by atoms with Crippen molar-refractivity contribution >= 4 is 15.9 Å². The van der Waals surface area contributed by atoms with Crippen molar-refractivity contribution in [2.24, 2.45) is 5.73 Å². The van der Waals surface area contributed by atoms with Gasteiger partial charge < -0.3 is 15.2 Å². The average molecular weight is 318 g/mol. The lowest BCUT2D eigenvalue weighted by molar-refractivity contribution is -0.000414. The van der Waals surface area contributed by atoms with Gasteiger partial charge in [-0.05, 0) is 41.3 Å². The summed E-state index contributed by atoms with van der Waals surface area (Å²) in [5, 5.41) is 0. The molecule has 1 aliphatic heterocycles. The van der Waals surface area contributed by atoms with Gasteiger partial charge in [-0.1, -0.05) is 0 Å². The van der Waals surface area contributed by atoms with E-state index in [0.717, 1.165) is 31.4 Å². The molecule has 0 saturated carbocycles. The highest BCUT2D eigenvalue weighted by Crippen LogP contribution is 2.34. The van der Waals surface area contributed by atoms with E-state index in [9.17, 15) is 4.39 Å². The number of rotatable bonds is 3. The molecular weight excluding hydrogens is 301 g/mol. The summed E-state index contributed by atoms with van der Waals surface area (Å²) in [6.45, 7) is 0.739. The zero-order valence-corrected chi connectivity index (χ0v) is 11.9. The van der Waals surface area contributed by atoms with Gasteiger partial charge in [-0.25, -0.2) is 4.39 Å². The largest absolute Gasteiger partial charge is 0.496 e. The second-order valence-corrected chi connectivity index (χ2v) is 5.29. The van der Waals surface area contributed by atoms with Crippen molar-refractivity contribution in [1.29, 1.82) is 0 Å². The molecule has 1 aliphatic rings. The fraction of sp³-hybridized carbons (Fsp3) is 0.538. The van der Waals surface area contributed by atoms with Crippen LogP contribution in [0.3, 0.4) is 0 Å². The minimum absolute atomic E-state index is 0.0231. The Balaban J connectivity index is 2.27. The van der Waals surface area contributed by atoms with E-state index in [4.69, 9.17) is 15.2 Å². The summed E-state index contributed by atoms with van der Waals surface area (Å²) in [5.41, 5.74) is 6.99. The van der Waals surface area contributed by atoms with Crippen LogP contribution < -0.4 is 10.5 Å². The van der Waals surface area contributed by atoms with Crippen LogP contribution in [0.5, 0.6) is 5.75 Å². The quantitative estimate of drug-likeness (QED) is 0.931. The number of benzene rings is 1. The van der Waals surface area contributed by atoms with Gasteiger partial charge in [0.25, 0.3) is 0 Å². The molecule has 0 aromatic heterocycles. The third kappa shape index (κ3) is 2.84. The normalized spacial score (nSPS) is 21.7. The molecule has 18 heavy (non-hydrogen) atoms. The molecule has 0 spiro atoms. The predicted molar refractivity (Wildman–Crippen MR) is 71.2 cm³/mol. The van der Waals surface area contributed by atoms with E-state index in [-0.39, 0.29) is 18.0 Å². The number of ether oxygens (including phenoxy) is 2. The molecule has 0 amide bonds. The molecule has 1 aromatic carbocycles. The van der Waals surface area contributed by atoms with Crippen molar-refractivity contribution in [3.05, 3.63) is 28.0 Å². The first kappa shape index (κ1) is 13.8. The topological polar surface area (TPSA) is 44.5 Å². The molecule has 1 saturated heterocycles. The number of nitrogens with two attached hydrogens (primary N) is 1. The molecule has 0 aliphatic carbocycles. The molecular formula is C13H17BrFNO2.